The Kier molecular flexibility index (Phi) is 5.59. The summed E-state index contributed by atoms with van der Waals surface area (Å²) in [6, 6.07) is 13.6. The van der Waals surface area contributed by atoms with E-state index in [2.05, 4.69) is 12.1 Å². The van der Waals surface area contributed by atoms with Crippen LogP contribution >= 0.6 is 0 Å². The number of nitrogens with zero attached hydrogens (tertiary/aromatic N) is 1. The zero-order valence-electron chi connectivity index (χ0n) is 15.0. The summed E-state index contributed by atoms with van der Waals surface area (Å²) >= 11 is 0. The van der Waals surface area contributed by atoms with E-state index >= 15 is 0 Å². The molecule has 0 aromatic heterocycles. The van der Waals surface area contributed by atoms with Crippen LogP contribution < -0.4 is 9.47 Å². The molecule has 1 aliphatic rings. The first kappa shape index (κ1) is 17.3. The maximum Gasteiger partial charge on any atom is 0.253 e. The Labute approximate surface area is 149 Å². The average Bonchev–Trinajstić information content (AvgIpc) is 2.67. The van der Waals surface area contributed by atoms with Crippen molar-refractivity contribution in [3.63, 3.8) is 0 Å². The van der Waals surface area contributed by atoms with Gasteiger partial charge in [0.1, 0.15) is 18.1 Å². The lowest BCUT2D eigenvalue weighted by Gasteiger charge is -2.20. The third kappa shape index (κ3) is 4.32. The number of carbonyl (C=O) groups excluding carboxylic acids is 1. The number of rotatable bonds is 6. The Balaban J connectivity index is 1.53. The Morgan fingerprint density at radius 2 is 1.68 bits per heavy atom. The van der Waals surface area contributed by atoms with Gasteiger partial charge in [-0.1, -0.05) is 6.07 Å². The monoisotopic (exact) mass is 339 g/mol. The zero-order valence-corrected chi connectivity index (χ0v) is 15.0. The lowest BCUT2D eigenvalue weighted by Crippen LogP contribution is -2.31. The van der Waals surface area contributed by atoms with Crippen LogP contribution in [0.4, 0.5) is 0 Å². The van der Waals surface area contributed by atoms with E-state index in [1.54, 1.807) is 12.0 Å². The van der Waals surface area contributed by atoms with Crippen molar-refractivity contribution in [2.24, 2.45) is 0 Å². The highest BCUT2D eigenvalue weighted by molar-refractivity contribution is 5.94. The van der Waals surface area contributed by atoms with E-state index in [9.17, 15) is 4.79 Å². The molecule has 25 heavy (non-hydrogen) atoms. The molecular weight excluding hydrogens is 314 g/mol. The van der Waals surface area contributed by atoms with Crippen molar-refractivity contribution >= 4 is 5.91 Å². The second kappa shape index (κ2) is 8.06. The second-order valence-electron chi connectivity index (χ2n) is 6.44. The molecule has 0 heterocycles. The predicted octanol–water partition coefficient (Wildman–Crippen LogP) is 3.73. The van der Waals surface area contributed by atoms with E-state index in [1.165, 1.54) is 24.0 Å². The molecule has 3 rings (SSSR count). The molecule has 0 N–H and O–H groups in total. The van der Waals surface area contributed by atoms with Gasteiger partial charge >= 0.3 is 0 Å². The topological polar surface area (TPSA) is 38.8 Å². The minimum absolute atomic E-state index is 0.0479. The first-order valence-electron chi connectivity index (χ1n) is 8.81. The molecule has 0 saturated heterocycles. The highest BCUT2D eigenvalue weighted by Gasteiger charge is 2.15. The minimum atomic E-state index is 0.0479. The van der Waals surface area contributed by atoms with Crippen molar-refractivity contribution in [1.29, 1.82) is 0 Å². The summed E-state index contributed by atoms with van der Waals surface area (Å²) in [6.45, 7) is 1.00. The van der Waals surface area contributed by atoms with Crippen molar-refractivity contribution < 1.29 is 14.3 Å². The third-order valence-corrected chi connectivity index (χ3v) is 4.70. The van der Waals surface area contributed by atoms with Crippen LogP contribution in [0, 0.1) is 0 Å². The molecule has 0 unspecified atom stereocenters. The van der Waals surface area contributed by atoms with Crippen LogP contribution in [0.2, 0.25) is 0 Å². The van der Waals surface area contributed by atoms with Gasteiger partial charge in [-0.2, -0.15) is 0 Å². The standard InChI is InChI=1S/C21H25NO3/c1-22(13-14-25-20-11-9-19(24-2)10-12-20)21(23)18-8-7-16-5-3-4-6-17(16)15-18/h7-12,15H,3-6,13-14H2,1-2H3. The number of ether oxygens (including phenoxy) is 2. The highest BCUT2D eigenvalue weighted by atomic mass is 16.5. The van der Waals surface area contributed by atoms with Gasteiger partial charge in [-0.15, -0.1) is 0 Å². The number of aryl methyl sites for hydroxylation is 2. The number of hydrogen-bond acceptors (Lipinski definition) is 3. The predicted molar refractivity (Wildman–Crippen MR) is 98.5 cm³/mol. The summed E-state index contributed by atoms with van der Waals surface area (Å²) in [5.74, 6) is 1.62. The Bertz CT molecular complexity index is 724. The maximum atomic E-state index is 12.6. The van der Waals surface area contributed by atoms with E-state index in [4.69, 9.17) is 9.47 Å². The van der Waals surface area contributed by atoms with Gasteiger partial charge in [0.25, 0.3) is 5.91 Å². The first-order valence-corrected chi connectivity index (χ1v) is 8.81. The van der Waals surface area contributed by atoms with Crippen LogP contribution in [0.5, 0.6) is 11.5 Å². The zero-order chi connectivity index (χ0) is 17.6. The third-order valence-electron chi connectivity index (χ3n) is 4.70. The number of fused-ring (bicyclic) bond motifs is 1. The largest absolute Gasteiger partial charge is 0.497 e. The summed E-state index contributed by atoms with van der Waals surface area (Å²) in [7, 11) is 3.45. The van der Waals surface area contributed by atoms with Gasteiger partial charge in [0.15, 0.2) is 0 Å². The van der Waals surface area contributed by atoms with Crippen molar-refractivity contribution in [2.75, 3.05) is 27.3 Å². The second-order valence-corrected chi connectivity index (χ2v) is 6.44. The summed E-state index contributed by atoms with van der Waals surface area (Å²) in [6.07, 6.45) is 4.69. The SMILES string of the molecule is COc1ccc(OCCN(C)C(=O)c2ccc3c(c2)CCCC3)cc1. The van der Waals surface area contributed by atoms with Crippen molar-refractivity contribution in [1.82, 2.24) is 4.90 Å². The van der Waals surface area contributed by atoms with E-state index in [0.717, 1.165) is 29.9 Å². The smallest absolute Gasteiger partial charge is 0.253 e. The van der Waals surface area contributed by atoms with Crippen molar-refractivity contribution in [3.8, 4) is 11.5 Å². The van der Waals surface area contributed by atoms with E-state index in [0.29, 0.717) is 13.2 Å². The normalized spacial score (nSPS) is 13.0. The highest BCUT2D eigenvalue weighted by Crippen LogP contribution is 2.23. The number of likely N-dealkylation sites (N-methyl/N-ethyl adjacent to an activating group) is 1. The summed E-state index contributed by atoms with van der Waals surface area (Å²) < 4.78 is 10.8. The molecule has 0 saturated carbocycles. The molecule has 0 radical (unpaired) electrons. The fraction of sp³-hybridized carbons (Fsp3) is 0.381. The van der Waals surface area contributed by atoms with Gasteiger partial charge in [-0.3, -0.25) is 4.79 Å². The first-order chi connectivity index (χ1) is 12.2. The van der Waals surface area contributed by atoms with Crippen LogP contribution in [0.3, 0.4) is 0 Å². The van der Waals surface area contributed by atoms with E-state index in [1.807, 2.05) is 37.4 Å². The molecular formula is C21H25NO3. The molecule has 0 spiro atoms. The fourth-order valence-electron chi connectivity index (χ4n) is 3.16. The van der Waals surface area contributed by atoms with Gasteiger partial charge < -0.3 is 14.4 Å². The van der Waals surface area contributed by atoms with E-state index in [-0.39, 0.29) is 5.91 Å². The lowest BCUT2D eigenvalue weighted by atomic mass is 9.90. The Hall–Kier alpha value is -2.49. The molecule has 2 aromatic carbocycles. The van der Waals surface area contributed by atoms with Gasteiger partial charge in [0.2, 0.25) is 0 Å². The molecule has 0 fully saturated rings. The molecule has 0 atom stereocenters. The number of carbonyl (C=O) groups is 1. The molecule has 132 valence electrons. The van der Waals surface area contributed by atoms with Crippen LogP contribution in [0.15, 0.2) is 42.5 Å². The maximum absolute atomic E-state index is 12.6. The van der Waals surface area contributed by atoms with Gasteiger partial charge in [0, 0.05) is 12.6 Å². The van der Waals surface area contributed by atoms with Gasteiger partial charge in [-0.25, -0.2) is 0 Å². The van der Waals surface area contributed by atoms with Gasteiger partial charge in [0.05, 0.1) is 13.7 Å². The summed E-state index contributed by atoms with van der Waals surface area (Å²) in [5, 5.41) is 0. The lowest BCUT2D eigenvalue weighted by molar-refractivity contribution is 0.0773. The Morgan fingerprint density at radius 1 is 1.00 bits per heavy atom. The molecule has 4 heteroatoms. The van der Waals surface area contributed by atoms with Crippen LogP contribution in [-0.4, -0.2) is 38.1 Å². The number of methoxy groups -OCH3 is 1. The summed E-state index contributed by atoms with van der Waals surface area (Å²) in [4.78, 5) is 14.3. The fourth-order valence-corrected chi connectivity index (χ4v) is 3.16. The molecule has 0 bridgehead atoms. The van der Waals surface area contributed by atoms with Crippen molar-refractivity contribution in [3.05, 3.63) is 59.2 Å². The Morgan fingerprint density at radius 3 is 2.40 bits per heavy atom. The van der Waals surface area contributed by atoms with E-state index < -0.39 is 0 Å². The van der Waals surface area contributed by atoms with Gasteiger partial charge in [-0.05, 0) is 73.2 Å². The molecule has 2 aromatic rings. The molecule has 4 nitrogen and oxygen atoms in total. The molecule has 0 aliphatic heterocycles. The summed E-state index contributed by atoms with van der Waals surface area (Å²) in [5.41, 5.74) is 3.50. The van der Waals surface area contributed by atoms with Crippen LogP contribution in [-0.2, 0) is 12.8 Å². The number of amides is 1. The average molecular weight is 339 g/mol. The van der Waals surface area contributed by atoms with Crippen molar-refractivity contribution in [2.45, 2.75) is 25.7 Å². The van der Waals surface area contributed by atoms with Crippen LogP contribution in [0.1, 0.15) is 34.3 Å². The quantitative estimate of drug-likeness (QED) is 0.805. The molecule has 1 amide bonds. The van der Waals surface area contributed by atoms with Crippen LogP contribution in [0.25, 0.3) is 0 Å². The molecule has 1 aliphatic carbocycles. The number of hydrogen-bond donors (Lipinski definition) is 0. The minimum Gasteiger partial charge on any atom is -0.497 e. The number of benzene rings is 2.